The molecule has 1 atom stereocenters. The lowest BCUT2D eigenvalue weighted by atomic mass is 9.83. The number of hydrogen-bond donors (Lipinski definition) is 1. The molecule has 178 valence electrons. The van der Waals surface area contributed by atoms with Gasteiger partial charge in [0.2, 0.25) is 0 Å². The summed E-state index contributed by atoms with van der Waals surface area (Å²) in [5, 5.41) is 10.0. The Balaban J connectivity index is 2.16. The van der Waals surface area contributed by atoms with Gasteiger partial charge >= 0.3 is 0 Å². The summed E-state index contributed by atoms with van der Waals surface area (Å²) in [4.78, 5) is 28.6. The molecule has 1 unspecified atom stereocenters. The number of aromatic nitrogens is 1. The predicted molar refractivity (Wildman–Crippen MR) is 131 cm³/mol. The smallest absolute Gasteiger partial charge is 0.274 e. The highest BCUT2D eigenvalue weighted by atomic mass is 32.1. The van der Waals surface area contributed by atoms with Crippen molar-refractivity contribution in [1.82, 2.24) is 9.47 Å². The Morgan fingerprint density at radius 3 is 2.37 bits per heavy atom. The molecule has 0 saturated carbocycles. The summed E-state index contributed by atoms with van der Waals surface area (Å²) in [5.41, 5.74) is 5.99. The van der Waals surface area contributed by atoms with Crippen molar-refractivity contribution in [1.29, 1.82) is 5.26 Å². The van der Waals surface area contributed by atoms with Gasteiger partial charge in [0.05, 0.1) is 27.7 Å². The Bertz CT molecular complexity index is 1580. The molecule has 0 saturated heterocycles. The minimum atomic E-state index is -1.10. The Hall–Kier alpha value is -4.03. The lowest BCUT2D eigenvalue weighted by Gasteiger charge is -2.29. The number of carbonyl (C=O) groups excluding carboxylic acids is 1. The molecule has 0 spiro atoms. The number of benzene rings is 2. The van der Waals surface area contributed by atoms with Gasteiger partial charge in [0.1, 0.15) is 22.1 Å². The van der Waals surface area contributed by atoms with Crippen LogP contribution in [0.15, 0.2) is 58.9 Å². The van der Waals surface area contributed by atoms with Gasteiger partial charge in [0, 0.05) is 24.2 Å². The van der Waals surface area contributed by atoms with Crippen LogP contribution in [0.3, 0.4) is 0 Å². The second-order valence-corrected chi connectivity index (χ2v) is 8.86. The molecule has 9 heteroatoms. The van der Waals surface area contributed by atoms with Gasteiger partial charge in [-0.05, 0) is 32.1 Å². The topological polar surface area (TPSA) is 92.1 Å². The Morgan fingerprint density at radius 1 is 1.14 bits per heavy atom. The highest BCUT2D eigenvalue weighted by molar-refractivity contribution is 7.07. The van der Waals surface area contributed by atoms with Crippen molar-refractivity contribution >= 4 is 34.7 Å². The summed E-state index contributed by atoms with van der Waals surface area (Å²) in [6.45, 7) is 4.34. The first-order valence-electron chi connectivity index (χ1n) is 11.0. The van der Waals surface area contributed by atoms with Gasteiger partial charge in [-0.25, -0.2) is 8.78 Å². The largest absolute Gasteiger partial charge is 0.384 e. The zero-order chi connectivity index (χ0) is 25.3. The van der Waals surface area contributed by atoms with Crippen LogP contribution in [0, 0.1) is 23.0 Å². The van der Waals surface area contributed by atoms with Gasteiger partial charge in [-0.1, -0.05) is 36.4 Å². The minimum Gasteiger partial charge on any atom is -0.384 e. The molecule has 2 heterocycles. The van der Waals surface area contributed by atoms with E-state index in [2.05, 4.69) is 0 Å². The normalized spacial score (nSPS) is 15.7. The average Bonchev–Trinajstić information content (AvgIpc) is 3.17. The van der Waals surface area contributed by atoms with Gasteiger partial charge in [-0.3, -0.25) is 14.2 Å². The molecular weight excluding hydrogens is 470 g/mol. The zero-order valence-corrected chi connectivity index (χ0v) is 19.9. The predicted octanol–water partition coefficient (Wildman–Crippen LogP) is 2.48. The quantitative estimate of drug-likeness (QED) is 0.593. The fraction of sp³-hybridized carbons (Fsp3) is 0.192. The van der Waals surface area contributed by atoms with Gasteiger partial charge in [0.15, 0.2) is 0 Å². The number of halogens is 2. The third-order valence-corrected chi connectivity index (χ3v) is 7.07. The summed E-state index contributed by atoms with van der Waals surface area (Å²) in [7, 11) is 0. The third-order valence-electron chi connectivity index (χ3n) is 5.96. The summed E-state index contributed by atoms with van der Waals surface area (Å²) in [6.07, 6.45) is 1.38. The molecule has 35 heavy (non-hydrogen) atoms. The molecule has 0 aliphatic carbocycles. The maximum atomic E-state index is 15.0. The molecule has 3 aromatic rings. The molecule has 4 rings (SSSR count). The lowest BCUT2D eigenvalue weighted by molar-refractivity contribution is -0.125. The highest BCUT2D eigenvalue weighted by Crippen LogP contribution is 2.38. The Morgan fingerprint density at radius 2 is 1.77 bits per heavy atom. The minimum absolute atomic E-state index is 0.0832. The van der Waals surface area contributed by atoms with Gasteiger partial charge in [-0.2, -0.15) is 5.26 Å². The van der Waals surface area contributed by atoms with Crippen LogP contribution in [0.1, 0.15) is 30.9 Å². The van der Waals surface area contributed by atoms with E-state index in [1.807, 2.05) is 6.07 Å². The zero-order valence-electron chi connectivity index (χ0n) is 19.1. The van der Waals surface area contributed by atoms with Crippen molar-refractivity contribution < 1.29 is 13.6 Å². The SMILES string of the molecule is CCN(CC)C(=O)C1=c2s/c(=C\c3ccccc3F)c(=O)n2C(N)=C(C#N)C1c1ccccc1F. The number of thiazole rings is 1. The summed E-state index contributed by atoms with van der Waals surface area (Å²) in [5.74, 6) is -2.84. The molecule has 1 aliphatic heterocycles. The maximum Gasteiger partial charge on any atom is 0.274 e. The Labute approximate surface area is 204 Å². The van der Waals surface area contributed by atoms with E-state index in [-0.39, 0.29) is 37.3 Å². The average molecular weight is 493 g/mol. The molecule has 0 radical (unpaired) electrons. The third kappa shape index (κ3) is 4.06. The molecule has 2 N–H and O–H groups in total. The van der Waals surface area contributed by atoms with Crippen molar-refractivity contribution in [3.05, 3.63) is 96.4 Å². The van der Waals surface area contributed by atoms with Gasteiger partial charge < -0.3 is 10.6 Å². The fourth-order valence-corrected chi connectivity index (χ4v) is 5.35. The molecule has 1 aliphatic rings. The summed E-state index contributed by atoms with van der Waals surface area (Å²) in [6, 6.07) is 13.8. The van der Waals surface area contributed by atoms with Gasteiger partial charge in [0.25, 0.3) is 11.5 Å². The van der Waals surface area contributed by atoms with E-state index in [4.69, 9.17) is 5.73 Å². The van der Waals surface area contributed by atoms with E-state index in [1.165, 1.54) is 47.4 Å². The van der Waals surface area contributed by atoms with E-state index in [9.17, 15) is 23.6 Å². The van der Waals surface area contributed by atoms with E-state index >= 15 is 0 Å². The molecule has 2 aromatic carbocycles. The Kier molecular flexibility index (Phi) is 6.67. The summed E-state index contributed by atoms with van der Waals surface area (Å²) >= 11 is 0.959. The lowest BCUT2D eigenvalue weighted by Crippen LogP contribution is -2.43. The van der Waals surface area contributed by atoms with Crippen LogP contribution in [-0.2, 0) is 4.79 Å². The maximum absolute atomic E-state index is 15.0. The van der Waals surface area contributed by atoms with Crippen LogP contribution in [0.2, 0.25) is 0 Å². The molecule has 1 amide bonds. The van der Waals surface area contributed by atoms with Crippen molar-refractivity contribution in [2.75, 3.05) is 13.1 Å². The number of allylic oxidation sites excluding steroid dienone is 1. The van der Waals surface area contributed by atoms with Crippen LogP contribution >= 0.6 is 11.3 Å². The van der Waals surface area contributed by atoms with E-state index in [0.717, 1.165) is 15.9 Å². The van der Waals surface area contributed by atoms with Crippen LogP contribution in [0.25, 0.3) is 17.5 Å². The van der Waals surface area contributed by atoms with Crippen LogP contribution in [0.4, 0.5) is 8.78 Å². The second-order valence-electron chi connectivity index (χ2n) is 7.83. The van der Waals surface area contributed by atoms with E-state index < -0.39 is 29.0 Å². The highest BCUT2D eigenvalue weighted by Gasteiger charge is 2.38. The van der Waals surface area contributed by atoms with Crippen LogP contribution < -0.4 is 20.5 Å². The first-order chi connectivity index (χ1) is 16.8. The van der Waals surface area contributed by atoms with Crippen LogP contribution in [0.5, 0.6) is 0 Å². The van der Waals surface area contributed by atoms with Gasteiger partial charge in [-0.15, -0.1) is 11.3 Å². The van der Waals surface area contributed by atoms with Crippen molar-refractivity contribution in [3.63, 3.8) is 0 Å². The first kappa shape index (κ1) is 24.1. The van der Waals surface area contributed by atoms with Crippen molar-refractivity contribution in [2.24, 2.45) is 5.73 Å². The second kappa shape index (κ2) is 9.68. The van der Waals surface area contributed by atoms with E-state index in [0.29, 0.717) is 13.1 Å². The van der Waals surface area contributed by atoms with Crippen molar-refractivity contribution in [3.8, 4) is 6.07 Å². The standard InChI is InChI=1S/C26H22F2N4O2S/c1-3-31(4-2)25(34)22-21(16-10-6-8-12-19(16)28)17(14-29)23(30)32-24(33)20(35-26(22)32)13-15-9-5-7-11-18(15)27/h5-13,21H,3-4,30H2,1-2H3/b20-13-. The monoisotopic (exact) mass is 492 g/mol. The summed E-state index contributed by atoms with van der Waals surface area (Å²) < 4.78 is 30.7. The number of nitrogens with two attached hydrogens (primary N) is 1. The number of carbonyl (C=O) groups is 1. The number of fused-ring (bicyclic) bond motifs is 1. The molecule has 1 aromatic heterocycles. The number of nitrogens with zero attached hydrogens (tertiary/aromatic N) is 3. The van der Waals surface area contributed by atoms with Crippen LogP contribution in [-0.4, -0.2) is 28.5 Å². The molecule has 0 fully saturated rings. The number of rotatable bonds is 5. The number of amides is 1. The number of hydrogen-bond acceptors (Lipinski definition) is 5. The van der Waals surface area contributed by atoms with Crippen molar-refractivity contribution in [2.45, 2.75) is 19.8 Å². The fourth-order valence-electron chi connectivity index (χ4n) is 4.19. The molecule has 6 nitrogen and oxygen atoms in total. The molecular formula is C26H22F2N4O2S. The molecule has 0 bridgehead atoms. The first-order valence-corrected chi connectivity index (χ1v) is 11.8. The number of nitriles is 1. The van der Waals surface area contributed by atoms with E-state index in [1.54, 1.807) is 26.0 Å².